The minimum atomic E-state index is -0.640. The van der Waals surface area contributed by atoms with Crippen LogP contribution in [0.4, 0.5) is 11.4 Å². The van der Waals surface area contributed by atoms with E-state index in [-0.39, 0.29) is 16.9 Å². The van der Waals surface area contributed by atoms with Crippen LogP contribution in [0.15, 0.2) is 70.8 Å². The average Bonchev–Trinajstić information content (AvgIpc) is 2.81. The number of methoxy groups -OCH3 is 1. The van der Waals surface area contributed by atoms with Crippen LogP contribution < -0.4 is 15.4 Å². The summed E-state index contributed by atoms with van der Waals surface area (Å²) in [7, 11) is 1.43. The minimum Gasteiger partial charge on any atom is -0.496 e. The molecular formula is C24H19BrClN3O5. The van der Waals surface area contributed by atoms with Crippen molar-refractivity contribution in [2.45, 2.75) is 6.92 Å². The van der Waals surface area contributed by atoms with Gasteiger partial charge in [-0.1, -0.05) is 45.7 Å². The first-order valence-electron chi connectivity index (χ1n) is 9.86. The van der Waals surface area contributed by atoms with Crippen molar-refractivity contribution >= 4 is 56.8 Å². The maximum atomic E-state index is 13.2. The topological polar surface area (TPSA) is 111 Å². The molecule has 0 atom stereocenters. The number of hydrogen-bond acceptors (Lipinski definition) is 5. The zero-order valence-corrected chi connectivity index (χ0v) is 20.4. The summed E-state index contributed by atoms with van der Waals surface area (Å²) in [5.74, 6) is -0.937. The van der Waals surface area contributed by atoms with E-state index in [9.17, 15) is 19.7 Å². The van der Waals surface area contributed by atoms with Gasteiger partial charge in [0.15, 0.2) is 0 Å². The first kappa shape index (κ1) is 24.9. The van der Waals surface area contributed by atoms with Crippen molar-refractivity contribution in [2.75, 3.05) is 12.4 Å². The van der Waals surface area contributed by atoms with Crippen LogP contribution in [0.3, 0.4) is 0 Å². The van der Waals surface area contributed by atoms with E-state index in [1.54, 1.807) is 49.4 Å². The Morgan fingerprint density at radius 3 is 2.59 bits per heavy atom. The fraction of sp³-hybridized carbons (Fsp3) is 0.0833. The lowest BCUT2D eigenvalue weighted by atomic mass is 10.1. The summed E-state index contributed by atoms with van der Waals surface area (Å²) in [6, 6.07) is 15.6. The van der Waals surface area contributed by atoms with E-state index in [4.69, 9.17) is 16.3 Å². The van der Waals surface area contributed by atoms with E-state index in [1.165, 1.54) is 31.4 Å². The molecule has 8 nitrogen and oxygen atoms in total. The molecule has 3 aromatic rings. The first-order valence-corrected chi connectivity index (χ1v) is 11.0. The lowest BCUT2D eigenvalue weighted by molar-refractivity contribution is -0.384. The SMILES string of the molecule is COc1ccc(Br)cc1C(=O)N/C(=C\c1cccc([N+](=O)[O-])c1)C(=O)Nc1cc(Cl)ccc1C. The molecule has 0 bridgehead atoms. The van der Waals surface area contributed by atoms with Crippen molar-refractivity contribution in [1.82, 2.24) is 5.32 Å². The zero-order chi connectivity index (χ0) is 24.8. The van der Waals surface area contributed by atoms with E-state index in [0.717, 1.165) is 5.56 Å². The molecule has 0 aliphatic heterocycles. The van der Waals surface area contributed by atoms with Crippen LogP contribution in [0.2, 0.25) is 5.02 Å². The highest BCUT2D eigenvalue weighted by molar-refractivity contribution is 9.10. The van der Waals surface area contributed by atoms with Crippen LogP contribution in [-0.4, -0.2) is 23.8 Å². The molecule has 0 radical (unpaired) electrons. The summed E-state index contributed by atoms with van der Waals surface area (Å²) in [5.41, 5.74) is 1.47. The van der Waals surface area contributed by atoms with Crippen LogP contribution in [0, 0.1) is 17.0 Å². The lowest BCUT2D eigenvalue weighted by Gasteiger charge is -2.14. The van der Waals surface area contributed by atoms with Gasteiger partial charge in [-0.05, 0) is 54.5 Å². The highest BCUT2D eigenvalue weighted by atomic mass is 79.9. The van der Waals surface area contributed by atoms with Gasteiger partial charge < -0.3 is 15.4 Å². The summed E-state index contributed by atoms with van der Waals surface area (Å²) in [5, 5.41) is 16.9. The van der Waals surface area contributed by atoms with Crippen molar-refractivity contribution in [2.24, 2.45) is 0 Å². The van der Waals surface area contributed by atoms with Gasteiger partial charge >= 0.3 is 0 Å². The quantitative estimate of drug-likeness (QED) is 0.224. The van der Waals surface area contributed by atoms with Crippen LogP contribution >= 0.6 is 27.5 Å². The Balaban J connectivity index is 2.01. The second kappa shape index (κ2) is 11.0. The average molecular weight is 545 g/mol. The molecule has 0 aliphatic rings. The van der Waals surface area contributed by atoms with Crippen molar-refractivity contribution in [1.29, 1.82) is 0 Å². The zero-order valence-electron chi connectivity index (χ0n) is 18.1. The summed E-state index contributed by atoms with van der Waals surface area (Å²) in [6.45, 7) is 1.79. The number of nitrogens with one attached hydrogen (secondary N) is 2. The summed E-state index contributed by atoms with van der Waals surface area (Å²) in [4.78, 5) is 36.9. The van der Waals surface area contributed by atoms with Crippen molar-refractivity contribution in [3.05, 3.63) is 103 Å². The number of rotatable bonds is 7. The molecule has 10 heteroatoms. The number of benzene rings is 3. The van der Waals surface area contributed by atoms with Gasteiger partial charge in [-0.15, -0.1) is 0 Å². The summed E-state index contributed by atoms with van der Waals surface area (Å²) in [6.07, 6.45) is 1.35. The van der Waals surface area contributed by atoms with Gasteiger partial charge in [0.2, 0.25) is 0 Å². The Morgan fingerprint density at radius 1 is 1.12 bits per heavy atom. The van der Waals surface area contributed by atoms with E-state index >= 15 is 0 Å². The third-order valence-electron chi connectivity index (χ3n) is 4.74. The van der Waals surface area contributed by atoms with Gasteiger partial charge in [-0.3, -0.25) is 19.7 Å². The number of non-ortho nitro benzene ring substituents is 1. The van der Waals surface area contributed by atoms with Gasteiger partial charge in [0.25, 0.3) is 17.5 Å². The van der Waals surface area contributed by atoms with E-state index in [0.29, 0.717) is 26.5 Å². The number of nitro benzene ring substituents is 1. The van der Waals surface area contributed by atoms with Gasteiger partial charge in [-0.25, -0.2) is 0 Å². The fourth-order valence-electron chi connectivity index (χ4n) is 3.02. The van der Waals surface area contributed by atoms with E-state index in [2.05, 4.69) is 26.6 Å². The standard InChI is InChI=1S/C24H19BrClN3O5/c1-14-6-8-17(26)13-20(14)27-24(31)21(11-15-4-3-5-18(10-15)29(32)33)28-23(30)19-12-16(25)7-9-22(19)34-2/h3-13H,1-2H3,(H,27,31)(H,28,30)/b21-11-. The number of amides is 2. The fourth-order valence-corrected chi connectivity index (χ4v) is 3.55. The lowest BCUT2D eigenvalue weighted by Crippen LogP contribution is -2.31. The number of carbonyl (C=O) groups excluding carboxylic acids is 2. The molecule has 0 saturated heterocycles. The highest BCUT2D eigenvalue weighted by Gasteiger charge is 2.19. The second-order valence-corrected chi connectivity index (χ2v) is 8.47. The number of nitrogens with zero attached hydrogens (tertiary/aromatic N) is 1. The number of aryl methyl sites for hydroxylation is 1. The normalized spacial score (nSPS) is 11.0. The van der Waals surface area contributed by atoms with Gasteiger partial charge in [0.1, 0.15) is 11.4 Å². The molecule has 0 fully saturated rings. The van der Waals surface area contributed by atoms with Gasteiger partial charge in [0.05, 0.1) is 17.6 Å². The molecule has 2 amide bonds. The monoisotopic (exact) mass is 543 g/mol. The molecule has 174 valence electrons. The smallest absolute Gasteiger partial charge is 0.272 e. The molecule has 0 heterocycles. The highest BCUT2D eigenvalue weighted by Crippen LogP contribution is 2.24. The molecule has 0 unspecified atom stereocenters. The van der Waals surface area contributed by atoms with Crippen molar-refractivity contribution in [3.63, 3.8) is 0 Å². The number of ether oxygens (including phenoxy) is 1. The predicted molar refractivity (Wildman–Crippen MR) is 134 cm³/mol. The van der Waals surface area contributed by atoms with Gasteiger partial charge in [0, 0.05) is 27.3 Å². The number of hydrogen-bond donors (Lipinski definition) is 2. The Morgan fingerprint density at radius 2 is 1.88 bits per heavy atom. The van der Waals surface area contributed by atoms with Crippen LogP contribution in [0.1, 0.15) is 21.5 Å². The first-order chi connectivity index (χ1) is 16.2. The summed E-state index contributed by atoms with van der Waals surface area (Å²) < 4.78 is 5.90. The second-order valence-electron chi connectivity index (χ2n) is 7.12. The Kier molecular flexibility index (Phi) is 8.04. The summed E-state index contributed by atoms with van der Waals surface area (Å²) >= 11 is 9.37. The number of nitro groups is 1. The Hall–Kier alpha value is -3.69. The van der Waals surface area contributed by atoms with Crippen molar-refractivity contribution < 1.29 is 19.2 Å². The molecule has 0 aliphatic carbocycles. The Bertz CT molecular complexity index is 1310. The van der Waals surface area contributed by atoms with E-state index in [1.807, 2.05) is 0 Å². The van der Waals surface area contributed by atoms with Crippen molar-refractivity contribution in [3.8, 4) is 5.75 Å². The third kappa shape index (κ3) is 6.21. The molecule has 3 aromatic carbocycles. The van der Waals surface area contributed by atoms with Gasteiger partial charge in [-0.2, -0.15) is 0 Å². The molecule has 0 saturated carbocycles. The molecule has 0 aromatic heterocycles. The Labute approximate surface area is 208 Å². The van der Waals surface area contributed by atoms with Crippen LogP contribution in [0.25, 0.3) is 6.08 Å². The molecule has 3 rings (SSSR count). The molecule has 2 N–H and O–H groups in total. The molecule has 0 spiro atoms. The predicted octanol–water partition coefficient (Wildman–Crippen LogP) is 5.74. The maximum Gasteiger partial charge on any atom is 0.272 e. The van der Waals surface area contributed by atoms with E-state index < -0.39 is 16.7 Å². The number of halogens is 2. The van der Waals surface area contributed by atoms with Crippen LogP contribution in [-0.2, 0) is 4.79 Å². The molecule has 34 heavy (non-hydrogen) atoms. The minimum absolute atomic E-state index is 0.132. The molecular weight excluding hydrogens is 526 g/mol. The largest absolute Gasteiger partial charge is 0.496 e. The maximum absolute atomic E-state index is 13.2. The number of carbonyl (C=O) groups is 2. The van der Waals surface area contributed by atoms with Crippen LogP contribution in [0.5, 0.6) is 5.75 Å². The third-order valence-corrected chi connectivity index (χ3v) is 5.47. The number of anilines is 1.